The number of phenolic OH excluding ortho intramolecular Hbond substituents is 1. The molecule has 1 aliphatic carbocycles. The highest BCUT2D eigenvalue weighted by molar-refractivity contribution is 6.22. The van der Waals surface area contributed by atoms with E-state index in [4.69, 9.17) is 9.47 Å². The molecule has 152 valence electrons. The van der Waals surface area contributed by atoms with Gasteiger partial charge >= 0.3 is 5.97 Å². The van der Waals surface area contributed by atoms with E-state index < -0.39 is 12.1 Å². The van der Waals surface area contributed by atoms with Crippen molar-refractivity contribution in [2.24, 2.45) is 0 Å². The molecule has 0 spiro atoms. The van der Waals surface area contributed by atoms with Crippen LogP contribution in [0.15, 0.2) is 48.5 Å². The number of ether oxygens (including phenoxy) is 2. The molecule has 3 rings (SSSR count). The molecule has 1 saturated carbocycles. The number of phenols is 1. The molecule has 0 bridgehead atoms. The molecule has 29 heavy (non-hydrogen) atoms. The second-order valence-electron chi connectivity index (χ2n) is 6.91. The van der Waals surface area contributed by atoms with E-state index in [1.54, 1.807) is 37.3 Å². The van der Waals surface area contributed by atoms with Crippen LogP contribution in [0.2, 0.25) is 0 Å². The number of carbonyl (C=O) groups excluding carboxylic acids is 2. The van der Waals surface area contributed by atoms with Crippen LogP contribution in [0.5, 0.6) is 11.5 Å². The second kappa shape index (κ2) is 9.28. The lowest BCUT2D eigenvalue weighted by atomic mass is 10.0. The first kappa shape index (κ1) is 20.5. The lowest BCUT2D eigenvalue weighted by molar-refractivity contribution is -0.149. The van der Waals surface area contributed by atoms with Crippen molar-refractivity contribution in [3.8, 4) is 11.5 Å². The van der Waals surface area contributed by atoms with Crippen molar-refractivity contribution in [2.75, 3.05) is 6.61 Å². The molecule has 1 amide bonds. The molecule has 2 N–H and O–H groups in total. The number of rotatable bonds is 8. The Kier molecular flexibility index (Phi) is 6.54. The van der Waals surface area contributed by atoms with Crippen molar-refractivity contribution in [1.29, 1.82) is 0 Å². The molecule has 6 nitrogen and oxygen atoms in total. The molecule has 0 radical (unpaired) electrons. The first-order chi connectivity index (χ1) is 14.0. The highest BCUT2D eigenvalue weighted by Crippen LogP contribution is 2.29. The average molecular weight is 395 g/mol. The van der Waals surface area contributed by atoms with Gasteiger partial charge in [-0.3, -0.25) is 4.79 Å². The van der Waals surface area contributed by atoms with Gasteiger partial charge in [-0.25, -0.2) is 4.79 Å². The predicted octanol–water partition coefficient (Wildman–Crippen LogP) is 3.54. The maximum Gasteiger partial charge on any atom is 0.339 e. The third kappa shape index (κ3) is 5.60. The molecule has 0 aliphatic heterocycles. The van der Waals surface area contributed by atoms with Gasteiger partial charge in [0.2, 0.25) is 0 Å². The van der Waals surface area contributed by atoms with Crippen molar-refractivity contribution in [1.82, 2.24) is 5.32 Å². The third-order valence-corrected chi connectivity index (χ3v) is 4.48. The Bertz CT molecular complexity index is 903. The summed E-state index contributed by atoms with van der Waals surface area (Å²) in [7, 11) is 0. The zero-order chi connectivity index (χ0) is 20.8. The highest BCUT2D eigenvalue weighted by atomic mass is 16.5. The summed E-state index contributed by atoms with van der Waals surface area (Å²) in [6.07, 6.45) is 2.69. The van der Waals surface area contributed by atoms with Gasteiger partial charge in [-0.15, -0.1) is 0 Å². The molecular formula is C23H25NO5. The van der Waals surface area contributed by atoms with Gasteiger partial charge in [-0.05, 0) is 56.0 Å². The number of aromatic hydroxyl groups is 1. The van der Waals surface area contributed by atoms with Crippen molar-refractivity contribution in [3.63, 3.8) is 0 Å². The number of nitrogens with one attached hydrogen (secondary N) is 1. The third-order valence-electron chi connectivity index (χ3n) is 4.48. The van der Waals surface area contributed by atoms with Gasteiger partial charge in [0.25, 0.3) is 5.91 Å². The van der Waals surface area contributed by atoms with E-state index in [0.717, 1.165) is 12.8 Å². The van der Waals surface area contributed by atoms with Crippen molar-refractivity contribution in [3.05, 3.63) is 59.7 Å². The van der Waals surface area contributed by atoms with Crippen LogP contribution in [-0.2, 0) is 14.3 Å². The summed E-state index contributed by atoms with van der Waals surface area (Å²) in [6, 6.07) is 14.1. The first-order valence-electron chi connectivity index (χ1n) is 9.72. The summed E-state index contributed by atoms with van der Waals surface area (Å²) in [4.78, 5) is 25.0. The zero-order valence-corrected chi connectivity index (χ0v) is 16.6. The first-order valence-corrected chi connectivity index (χ1v) is 9.72. The lowest BCUT2D eigenvalue weighted by Crippen LogP contribution is -2.37. The van der Waals surface area contributed by atoms with Crippen LogP contribution in [0.4, 0.5) is 0 Å². The number of amides is 1. The molecule has 1 fully saturated rings. The Hall–Kier alpha value is -3.28. The van der Waals surface area contributed by atoms with Gasteiger partial charge in [0.1, 0.15) is 0 Å². The van der Waals surface area contributed by atoms with Crippen LogP contribution in [-0.4, -0.2) is 35.7 Å². The van der Waals surface area contributed by atoms with E-state index in [1.165, 1.54) is 6.07 Å². The average Bonchev–Trinajstić information content (AvgIpc) is 3.53. The standard InChI is InChI=1S/C23H25NO5/c1-3-28-21-14-16(9-12-20(21)25)13-19(17-7-5-4-6-8-17)23(27)29-15(2)22(26)24-18-10-11-18/h4-9,12-15,18,25H,3,10-11H2,1-2H3,(H,24,26)/b19-13+/t15-/m0/s1. The normalized spacial score (nSPS) is 14.8. The van der Waals surface area contributed by atoms with Crippen LogP contribution in [0.25, 0.3) is 11.6 Å². The Morgan fingerprint density at radius 3 is 2.59 bits per heavy atom. The molecule has 1 aliphatic rings. The van der Waals surface area contributed by atoms with E-state index in [9.17, 15) is 14.7 Å². The summed E-state index contributed by atoms with van der Waals surface area (Å²) in [5.41, 5.74) is 1.64. The molecule has 0 saturated heterocycles. The van der Waals surface area contributed by atoms with Crippen LogP contribution in [0.3, 0.4) is 0 Å². The smallest absolute Gasteiger partial charge is 0.339 e. The number of hydrogen-bond donors (Lipinski definition) is 2. The predicted molar refractivity (Wildman–Crippen MR) is 110 cm³/mol. The maximum absolute atomic E-state index is 12.9. The SMILES string of the molecule is CCOc1cc(/C=C(/C(=O)O[C@@H](C)C(=O)NC2CC2)c2ccccc2)ccc1O. The minimum absolute atomic E-state index is 0.0261. The number of benzene rings is 2. The fourth-order valence-electron chi connectivity index (χ4n) is 2.76. The molecule has 6 heteroatoms. The fourth-order valence-corrected chi connectivity index (χ4v) is 2.76. The van der Waals surface area contributed by atoms with Crippen LogP contribution in [0.1, 0.15) is 37.8 Å². The van der Waals surface area contributed by atoms with E-state index >= 15 is 0 Å². The van der Waals surface area contributed by atoms with Crippen molar-refractivity contribution in [2.45, 2.75) is 38.8 Å². The molecule has 0 unspecified atom stereocenters. The molecule has 1 atom stereocenters. The topological polar surface area (TPSA) is 84.9 Å². The minimum Gasteiger partial charge on any atom is -0.504 e. The Morgan fingerprint density at radius 1 is 1.21 bits per heavy atom. The van der Waals surface area contributed by atoms with E-state index in [1.807, 2.05) is 25.1 Å². The number of carbonyl (C=O) groups is 2. The summed E-state index contributed by atoms with van der Waals surface area (Å²) in [5.74, 6) is -0.533. The zero-order valence-electron chi connectivity index (χ0n) is 16.6. The summed E-state index contributed by atoms with van der Waals surface area (Å²) >= 11 is 0. The van der Waals surface area contributed by atoms with Gasteiger partial charge < -0.3 is 19.9 Å². The van der Waals surface area contributed by atoms with Gasteiger partial charge in [0.15, 0.2) is 17.6 Å². The lowest BCUT2D eigenvalue weighted by Gasteiger charge is -2.15. The quantitative estimate of drug-likeness (QED) is 0.406. The molecular weight excluding hydrogens is 370 g/mol. The number of esters is 1. The monoisotopic (exact) mass is 395 g/mol. The fraction of sp³-hybridized carbons (Fsp3) is 0.304. The van der Waals surface area contributed by atoms with E-state index in [0.29, 0.717) is 29.1 Å². The Balaban J connectivity index is 1.86. The molecule has 0 aromatic heterocycles. The van der Waals surface area contributed by atoms with Crippen LogP contribution >= 0.6 is 0 Å². The largest absolute Gasteiger partial charge is 0.504 e. The van der Waals surface area contributed by atoms with E-state index in [-0.39, 0.29) is 17.7 Å². The minimum atomic E-state index is -0.894. The van der Waals surface area contributed by atoms with Crippen LogP contribution in [0, 0.1) is 0 Å². The van der Waals surface area contributed by atoms with Crippen LogP contribution < -0.4 is 10.1 Å². The Morgan fingerprint density at radius 2 is 1.93 bits per heavy atom. The summed E-state index contributed by atoms with van der Waals surface area (Å²) in [6.45, 7) is 3.79. The summed E-state index contributed by atoms with van der Waals surface area (Å²) < 4.78 is 10.8. The molecule has 0 heterocycles. The van der Waals surface area contributed by atoms with Gasteiger partial charge in [-0.1, -0.05) is 36.4 Å². The molecule has 2 aromatic carbocycles. The maximum atomic E-state index is 12.9. The van der Waals surface area contributed by atoms with Gasteiger partial charge in [0.05, 0.1) is 12.2 Å². The van der Waals surface area contributed by atoms with Crippen molar-refractivity contribution >= 4 is 23.5 Å². The van der Waals surface area contributed by atoms with Crippen molar-refractivity contribution < 1.29 is 24.2 Å². The van der Waals surface area contributed by atoms with E-state index in [2.05, 4.69) is 5.32 Å². The highest BCUT2D eigenvalue weighted by Gasteiger charge is 2.28. The Labute approximate surface area is 170 Å². The van der Waals surface area contributed by atoms with Gasteiger partial charge in [0, 0.05) is 6.04 Å². The number of hydrogen-bond acceptors (Lipinski definition) is 5. The summed E-state index contributed by atoms with van der Waals surface area (Å²) in [5, 5.41) is 12.7. The molecule has 2 aromatic rings. The van der Waals surface area contributed by atoms with Gasteiger partial charge in [-0.2, -0.15) is 0 Å². The second-order valence-corrected chi connectivity index (χ2v) is 6.91.